The van der Waals surface area contributed by atoms with Crippen molar-refractivity contribution in [1.82, 2.24) is 5.32 Å². The van der Waals surface area contributed by atoms with Crippen LogP contribution in [0.2, 0.25) is 0 Å². The van der Waals surface area contributed by atoms with Gasteiger partial charge in [0.1, 0.15) is 0 Å². The Labute approximate surface area is 104 Å². The van der Waals surface area contributed by atoms with Crippen LogP contribution in [0.5, 0.6) is 0 Å². The maximum atomic E-state index is 5.72. The maximum Gasteiger partial charge on any atom is 0.0974 e. The van der Waals surface area contributed by atoms with Crippen LogP contribution < -0.4 is 5.32 Å². The molecule has 94 valence electrons. The molecular weight excluding hydrogens is 210 g/mol. The van der Waals surface area contributed by atoms with Crippen LogP contribution in [0.4, 0.5) is 0 Å². The summed E-state index contributed by atoms with van der Waals surface area (Å²) >= 11 is 0. The molecule has 1 aliphatic carbocycles. The highest BCUT2D eigenvalue weighted by Crippen LogP contribution is 2.36. The second-order valence-electron chi connectivity index (χ2n) is 4.91. The molecule has 2 atom stereocenters. The molecule has 1 aromatic rings. The fourth-order valence-corrected chi connectivity index (χ4v) is 2.46. The van der Waals surface area contributed by atoms with E-state index < -0.39 is 0 Å². The summed E-state index contributed by atoms with van der Waals surface area (Å²) in [6.07, 6.45) is 4.21. The monoisotopic (exact) mass is 233 g/mol. The summed E-state index contributed by atoms with van der Waals surface area (Å²) in [5.74, 6) is 0.917. The maximum absolute atomic E-state index is 5.72. The molecular formula is C15H23NO. The Balaban J connectivity index is 2.07. The zero-order valence-corrected chi connectivity index (χ0v) is 10.9. The normalized spacial score (nSPS) is 18.9. The Kier molecular flexibility index (Phi) is 4.57. The minimum Gasteiger partial charge on any atom is -0.375 e. The lowest BCUT2D eigenvalue weighted by atomic mass is 9.97. The summed E-state index contributed by atoms with van der Waals surface area (Å²) in [5.41, 5.74) is 1.28. The molecule has 1 saturated carbocycles. The molecule has 0 saturated heterocycles. The van der Waals surface area contributed by atoms with Crippen LogP contribution in [-0.2, 0) is 4.74 Å². The van der Waals surface area contributed by atoms with E-state index >= 15 is 0 Å². The van der Waals surface area contributed by atoms with Crippen molar-refractivity contribution in [3.05, 3.63) is 35.9 Å². The van der Waals surface area contributed by atoms with Crippen molar-refractivity contribution in [3.8, 4) is 0 Å². The van der Waals surface area contributed by atoms with Crippen LogP contribution >= 0.6 is 0 Å². The molecule has 2 heteroatoms. The van der Waals surface area contributed by atoms with Gasteiger partial charge >= 0.3 is 0 Å². The standard InChI is InChI=1S/C15H23NO/c1-3-16-14(11-12-9-10-12)15(17-2)13-7-5-4-6-8-13/h4-8,12,14-16H,3,9-11H2,1-2H3. The van der Waals surface area contributed by atoms with Crippen molar-refractivity contribution >= 4 is 0 Å². The predicted octanol–water partition coefficient (Wildman–Crippen LogP) is 3.15. The third-order valence-corrected chi connectivity index (χ3v) is 3.50. The second-order valence-corrected chi connectivity index (χ2v) is 4.91. The van der Waals surface area contributed by atoms with Gasteiger partial charge in [-0.2, -0.15) is 0 Å². The average molecular weight is 233 g/mol. The number of rotatable bonds is 7. The zero-order chi connectivity index (χ0) is 12.1. The summed E-state index contributed by atoms with van der Waals surface area (Å²) in [4.78, 5) is 0. The lowest BCUT2D eigenvalue weighted by molar-refractivity contribution is 0.0635. The van der Waals surface area contributed by atoms with Gasteiger partial charge in [-0.1, -0.05) is 50.1 Å². The molecule has 2 nitrogen and oxygen atoms in total. The molecule has 0 spiro atoms. The van der Waals surface area contributed by atoms with Gasteiger partial charge in [-0.15, -0.1) is 0 Å². The van der Waals surface area contributed by atoms with Gasteiger partial charge in [-0.25, -0.2) is 0 Å². The Morgan fingerprint density at radius 1 is 1.29 bits per heavy atom. The molecule has 1 N–H and O–H groups in total. The molecule has 17 heavy (non-hydrogen) atoms. The SMILES string of the molecule is CCNC(CC1CC1)C(OC)c1ccccc1. The smallest absolute Gasteiger partial charge is 0.0974 e. The molecule has 1 aromatic carbocycles. The van der Waals surface area contributed by atoms with Crippen LogP contribution in [0.15, 0.2) is 30.3 Å². The van der Waals surface area contributed by atoms with Gasteiger partial charge in [0, 0.05) is 13.2 Å². The quantitative estimate of drug-likeness (QED) is 0.781. The van der Waals surface area contributed by atoms with E-state index in [4.69, 9.17) is 4.74 Å². The molecule has 0 amide bonds. The highest BCUT2D eigenvalue weighted by molar-refractivity contribution is 5.19. The number of benzene rings is 1. The lowest BCUT2D eigenvalue weighted by Crippen LogP contribution is -2.36. The first kappa shape index (κ1) is 12.6. The first-order chi connectivity index (χ1) is 8.35. The lowest BCUT2D eigenvalue weighted by Gasteiger charge is -2.27. The minimum absolute atomic E-state index is 0.178. The highest BCUT2D eigenvalue weighted by atomic mass is 16.5. The summed E-state index contributed by atoms with van der Waals surface area (Å²) in [7, 11) is 1.81. The molecule has 1 aliphatic rings. The van der Waals surface area contributed by atoms with Crippen LogP contribution in [0.25, 0.3) is 0 Å². The van der Waals surface area contributed by atoms with Crippen molar-refractivity contribution in [3.63, 3.8) is 0 Å². The molecule has 2 unspecified atom stereocenters. The summed E-state index contributed by atoms with van der Waals surface area (Å²) < 4.78 is 5.72. The number of methoxy groups -OCH3 is 1. The van der Waals surface area contributed by atoms with E-state index in [0.717, 1.165) is 12.5 Å². The molecule has 0 heterocycles. The van der Waals surface area contributed by atoms with Crippen molar-refractivity contribution in [1.29, 1.82) is 0 Å². The van der Waals surface area contributed by atoms with Crippen molar-refractivity contribution in [2.24, 2.45) is 5.92 Å². The van der Waals surface area contributed by atoms with Gasteiger partial charge in [-0.05, 0) is 24.4 Å². The van der Waals surface area contributed by atoms with Crippen molar-refractivity contribution in [2.75, 3.05) is 13.7 Å². The molecule has 0 aromatic heterocycles. The van der Waals surface area contributed by atoms with Gasteiger partial charge in [0.15, 0.2) is 0 Å². The number of nitrogens with one attached hydrogen (secondary N) is 1. The minimum atomic E-state index is 0.178. The average Bonchev–Trinajstić information content (AvgIpc) is 3.16. The Morgan fingerprint density at radius 2 is 2.00 bits per heavy atom. The summed E-state index contributed by atoms with van der Waals surface area (Å²) in [6.45, 7) is 3.17. The van der Waals surface area contributed by atoms with Crippen LogP contribution in [0, 0.1) is 5.92 Å². The van der Waals surface area contributed by atoms with Crippen LogP contribution in [-0.4, -0.2) is 19.7 Å². The van der Waals surface area contributed by atoms with Gasteiger partial charge < -0.3 is 10.1 Å². The first-order valence-electron chi connectivity index (χ1n) is 6.66. The first-order valence-corrected chi connectivity index (χ1v) is 6.66. The number of ether oxygens (including phenoxy) is 1. The molecule has 1 fully saturated rings. The van der Waals surface area contributed by atoms with Crippen LogP contribution in [0.3, 0.4) is 0 Å². The topological polar surface area (TPSA) is 21.3 Å². The van der Waals surface area contributed by atoms with E-state index in [0.29, 0.717) is 6.04 Å². The Bertz CT molecular complexity index is 321. The summed E-state index contributed by atoms with van der Waals surface area (Å²) in [5, 5.41) is 3.58. The largest absolute Gasteiger partial charge is 0.375 e. The van der Waals surface area contributed by atoms with E-state index in [1.807, 2.05) is 7.11 Å². The molecule has 0 radical (unpaired) electrons. The number of hydrogen-bond donors (Lipinski definition) is 1. The Morgan fingerprint density at radius 3 is 2.53 bits per heavy atom. The van der Waals surface area contributed by atoms with Gasteiger partial charge in [-0.3, -0.25) is 0 Å². The molecule has 2 rings (SSSR count). The third kappa shape index (κ3) is 3.55. The fraction of sp³-hybridized carbons (Fsp3) is 0.600. The fourth-order valence-electron chi connectivity index (χ4n) is 2.46. The Hall–Kier alpha value is -0.860. The van der Waals surface area contributed by atoms with Crippen molar-refractivity contribution < 1.29 is 4.74 Å². The molecule has 0 bridgehead atoms. The van der Waals surface area contributed by atoms with E-state index in [2.05, 4.69) is 42.6 Å². The second kappa shape index (κ2) is 6.18. The van der Waals surface area contributed by atoms with Gasteiger partial charge in [0.2, 0.25) is 0 Å². The van der Waals surface area contributed by atoms with E-state index in [1.54, 1.807) is 0 Å². The number of hydrogen-bond acceptors (Lipinski definition) is 2. The zero-order valence-electron chi connectivity index (χ0n) is 10.9. The van der Waals surface area contributed by atoms with Gasteiger partial charge in [0.05, 0.1) is 6.10 Å². The third-order valence-electron chi connectivity index (χ3n) is 3.50. The van der Waals surface area contributed by atoms with E-state index in [-0.39, 0.29) is 6.10 Å². The van der Waals surface area contributed by atoms with E-state index in [9.17, 15) is 0 Å². The van der Waals surface area contributed by atoms with Gasteiger partial charge in [0.25, 0.3) is 0 Å². The van der Waals surface area contributed by atoms with Crippen molar-refractivity contribution in [2.45, 2.75) is 38.3 Å². The molecule has 0 aliphatic heterocycles. The van der Waals surface area contributed by atoms with Crippen LogP contribution in [0.1, 0.15) is 37.9 Å². The highest BCUT2D eigenvalue weighted by Gasteiger charge is 2.30. The predicted molar refractivity (Wildman–Crippen MR) is 71.0 cm³/mol. The van der Waals surface area contributed by atoms with E-state index in [1.165, 1.54) is 24.8 Å². The summed E-state index contributed by atoms with van der Waals surface area (Å²) in [6, 6.07) is 11.0. The number of likely N-dealkylation sites (N-methyl/N-ethyl adjacent to an activating group) is 1.